The molecule has 0 spiro atoms. The minimum atomic E-state index is -0.624. The molecule has 2 amide bonds. The number of aromatic nitrogens is 4. The predicted octanol–water partition coefficient (Wildman–Crippen LogP) is 9.79. The van der Waals surface area contributed by atoms with Gasteiger partial charge in [0.15, 0.2) is 0 Å². The molecule has 71 heavy (non-hydrogen) atoms. The van der Waals surface area contributed by atoms with E-state index in [2.05, 4.69) is 56.8 Å². The Morgan fingerprint density at radius 1 is 0.817 bits per heavy atom. The van der Waals surface area contributed by atoms with Crippen molar-refractivity contribution in [1.29, 1.82) is 0 Å². The zero-order valence-corrected chi connectivity index (χ0v) is 48.1. The van der Waals surface area contributed by atoms with Gasteiger partial charge in [-0.15, -0.1) is 11.6 Å². The molecule has 2 saturated heterocycles. The minimum absolute atomic E-state index is 0. The number of nitrogens with two attached hydrogens (primary N) is 2. The minimum Gasteiger partial charge on any atom is -0.444 e. The molecule has 0 aromatic carbocycles. The number of unbranched alkanes of at least 4 members (excludes halogenated alkanes) is 4. The summed E-state index contributed by atoms with van der Waals surface area (Å²) in [5, 5.41) is 12.8. The van der Waals surface area contributed by atoms with E-state index in [-0.39, 0.29) is 64.8 Å². The number of methoxy groups -OCH3 is 1. The molecule has 17 nitrogen and oxygen atoms in total. The molecule has 2 aliphatic carbocycles. The number of nitrogens with zero attached hydrogens (tertiary/aromatic N) is 6. The average Bonchev–Trinajstić information content (AvgIpc) is 4.06. The van der Waals surface area contributed by atoms with Crippen LogP contribution >= 0.6 is 11.6 Å². The molecule has 2 aromatic heterocycles. The van der Waals surface area contributed by atoms with E-state index in [1.54, 1.807) is 16.9 Å². The first kappa shape index (κ1) is 67.5. The SMILES string of the molecule is CCCCC[C@@H](CO)NCC1=CCc2c(N)ncnc21.CCCCC[C@H]1COC(C)(C)N1C(=O)OC(C)(C)C.CCl.COCCC1COC(C)(C)N1C(=O)OC(C)(C)C.Nc1ncnc2c1CC=C2.[CH3-].[Pd]. The van der Waals surface area contributed by atoms with Crippen LogP contribution in [0.5, 0.6) is 0 Å². The molecular weight excluding hydrogens is 1020 g/mol. The predicted molar refractivity (Wildman–Crippen MR) is 283 cm³/mol. The maximum atomic E-state index is 12.3. The molecule has 0 saturated carbocycles. The Kier molecular flexibility index (Phi) is 31.1. The van der Waals surface area contributed by atoms with Gasteiger partial charge in [-0.3, -0.25) is 9.80 Å². The summed E-state index contributed by atoms with van der Waals surface area (Å²) in [5.41, 5.74) is 14.4. The number of aliphatic hydroxyl groups is 1. The van der Waals surface area contributed by atoms with Crippen LogP contribution in [0.4, 0.5) is 21.2 Å². The number of halogens is 1. The number of nitrogens with one attached hydrogen (secondary N) is 1. The Labute approximate surface area is 446 Å². The van der Waals surface area contributed by atoms with Crippen LogP contribution < -0.4 is 16.8 Å². The zero-order chi connectivity index (χ0) is 52.0. The quantitative estimate of drug-likeness (QED) is 0.0564. The molecule has 2 fully saturated rings. The van der Waals surface area contributed by atoms with Crippen LogP contribution in [0.1, 0.15) is 163 Å². The monoisotopic (exact) mass is 1110 g/mol. The smallest absolute Gasteiger partial charge is 0.412 e. The molecule has 0 radical (unpaired) electrons. The second-order valence-corrected chi connectivity index (χ2v) is 20.3. The summed E-state index contributed by atoms with van der Waals surface area (Å²) >= 11 is 4.64. The Hall–Kier alpha value is -3.47. The van der Waals surface area contributed by atoms with Gasteiger partial charge in [-0.2, -0.15) is 0 Å². The number of amides is 2. The van der Waals surface area contributed by atoms with Crippen LogP contribution in [0.25, 0.3) is 11.6 Å². The maximum Gasteiger partial charge on any atom is 0.412 e. The van der Waals surface area contributed by atoms with Gasteiger partial charge in [0.05, 0.1) is 43.3 Å². The molecule has 6 rings (SSSR count). The van der Waals surface area contributed by atoms with Crippen LogP contribution in [0.3, 0.4) is 0 Å². The molecule has 2 aromatic rings. The van der Waals surface area contributed by atoms with Crippen molar-refractivity contribution in [1.82, 2.24) is 35.1 Å². The fraction of sp³-hybridized carbons (Fsp3) is 0.712. The van der Waals surface area contributed by atoms with Gasteiger partial charge in [0, 0.05) is 64.2 Å². The normalized spacial score (nSPS) is 18.2. The van der Waals surface area contributed by atoms with E-state index < -0.39 is 22.7 Å². The van der Waals surface area contributed by atoms with Crippen molar-refractivity contribution < 1.29 is 58.8 Å². The van der Waals surface area contributed by atoms with Crippen LogP contribution in [0.2, 0.25) is 0 Å². The first-order valence-corrected chi connectivity index (χ1v) is 25.3. The van der Waals surface area contributed by atoms with Crippen LogP contribution in [0.15, 0.2) is 24.8 Å². The summed E-state index contributed by atoms with van der Waals surface area (Å²) < 4.78 is 27.4. The number of alkyl halides is 1. The summed E-state index contributed by atoms with van der Waals surface area (Å²) in [6.07, 6.45) is 21.5. The fourth-order valence-electron chi connectivity index (χ4n) is 8.05. The number of hydrogen-bond donors (Lipinski definition) is 4. The number of allylic oxidation sites excluding steroid dienone is 2. The second kappa shape index (κ2) is 32.7. The number of rotatable bonds is 15. The standard InChI is InChI=1S/C15H24N4O.C15H29NO3.C13H25NO4.C7H7N3.CH3Cl.CH3.Pd/c1-2-3-4-5-12(9-20)17-8-11-6-7-13-14(11)18-10-19-15(13)16;1-7-8-9-10-12-11-18-15(5,6)16(12)13(17)19-14(2,3)4;1-12(2,3)18-11(15)14-10(7-8-16-6)9-17-13(14,4)5;8-7-5-2-1-3-6(5)9-4-10-7;1-2;;/h6,10,12,17,20H,2-5,7-9H2,1H3,(H2,16,18,19);12H,7-11H2,1-6H3;10H,7-9H2,1-6H3;1,3-4H,2H2,(H2,8,9,10);1H3;1H3;/q;;;;;-1;/t2*12-;;;;;/m00...../s1. The maximum absolute atomic E-state index is 12.3. The molecule has 4 heterocycles. The van der Waals surface area contributed by atoms with Gasteiger partial charge < -0.3 is 53.0 Å². The number of ether oxygens (including phenoxy) is 5. The number of anilines is 2. The summed E-state index contributed by atoms with van der Waals surface area (Å²) in [4.78, 5) is 44.3. The number of aliphatic hydroxyl groups excluding tert-OH is 1. The Morgan fingerprint density at radius 3 is 1.82 bits per heavy atom. The Bertz CT molecular complexity index is 1930. The Morgan fingerprint density at radius 2 is 1.32 bits per heavy atom. The summed E-state index contributed by atoms with van der Waals surface area (Å²) in [7, 11) is 1.65. The van der Waals surface area contributed by atoms with Crippen molar-refractivity contribution in [2.45, 2.75) is 194 Å². The summed E-state index contributed by atoms with van der Waals surface area (Å²) in [6, 6.07) is 0.303. The largest absolute Gasteiger partial charge is 0.444 e. The average molecular weight is 1110 g/mol. The van der Waals surface area contributed by atoms with E-state index in [1.165, 1.54) is 44.7 Å². The van der Waals surface area contributed by atoms with Crippen molar-refractivity contribution in [3.63, 3.8) is 0 Å². The number of hydrogen-bond acceptors (Lipinski definition) is 15. The molecule has 4 aliphatic rings. The molecule has 410 valence electrons. The zero-order valence-electron chi connectivity index (χ0n) is 45.8. The van der Waals surface area contributed by atoms with Gasteiger partial charge in [-0.05, 0) is 113 Å². The van der Waals surface area contributed by atoms with E-state index >= 15 is 0 Å². The third kappa shape index (κ3) is 22.7. The van der Waals surface area contributed by atoms with E-state index in [9.17, 15) is 14.7 Å². The topological polar surface area (TPSA) is 223 Å². The third-order valence-electron chi connectivity index (χ3n) is 11.5. The van der Waals surface area contributed by atoms with Gasteiger partial charge >= 0.3 is 12.2 Å². The second-order valence-electron chi connectivity index (χ2n) is 20.3. The van der Waals surface area contributed by atoms with Crippen molar-refractivity contribution >= 4 is 47.1 Å². The first-order valence-electron chi connectivity index (χ1n) is 24.6. The molecule has 0 bridgehead atoms. The molecule has 1 unspecified atom stereocenters. The van der Waals surface area contributed by atoms with Crippen molar-refractivity contribution in [3.05, 3.63) is 54.7 Å². The van der Waals surface area contributed by atoms with Gasteiger partial charge in [-0.1, -0.05) is 64.5 Å². The Balaban J connectivity index is 0.000000918. The number of carbonyl (C=O) groups is 2. The van der Waals surface area contributed by atoms with Gasteiger partial charge in [0.25, 0.3) is 0 Å². The molecule has 6 N–H and O–H groups in total. The van der Waals surface area contributed by atoms with E-state index in [4.69, 9.17) is 35.2 Å². The van der Waals surface area contributed by atoms with Gasteiger partial charge in [0.2, 0.25) is 0 Å². The van der Waals surface area contributed by atoms with Crippen molar-refractivity contribution in [2.24, 2.45) is 0 Å². The number of fused-ring (bicyclic) bond motifs is 2. The van der Waals surface area contributed by atoms with Gasteiger partial charge in [-0.25, -0.2) is 29.5 Å². The summed E-state index contributed by atoms with van der Waals surface area (Å²) in [5.74, 6) is 1.18. The van der Waals surface area contributed by atoms with E-state index in [0.29, 0.717) is 31.5 Å². The van der Waals surface area contributed by atoms with Crippen LogP contribution in [0, 0.1) is 7.43 Å². The van der Waals surface area contributed by atoms with Crippen LogP contribution in [-0.2, 0) is 56.9 Å². The fourth-order valence-corrected chi connectivity index (χ4v) is 8.05. The molecule has 3 atom stereocenters. The van der Waals surface area contributed by atoms with E-state index in [1.807, 2.05) is 81.4 Å². The molecule has 2 aliphatic heterocycles. The van der Waals surface area contributed by atoms with E-state index in [0.717, 1.165) is 79.6 Å². The van der Waals surface area contributed by atoms with Gasteiger partial charge in [0.1, 0.15) is 46.9 Å². The number of nitrogen functional groups attached to an aromatic ring is 2. The van der Waals surface area contributed by atoms with Crippen molar-refractivity contribution in [2.75, 3.05) is 57.9 Å². The third-order valence-corrected chi connectivity index (χ3v) is 11.5. The first-order chi connectivity index (χ1) is 32.5. The summed E-state index contributed by atoms with van der Waals surface area (Å²) in [6.45, 7) is 25.9. The van der Waals surface area contributed by atoms with Crippen molar-refractivity contribution in [3.8, 4) is 0 Å². The molecular formula is C52H91ClN9O8Pd-. The van der Waals surface area contributed by atoms with Crippen LogP contribution in [-0.4, -0.2) is 134 Å². The molecule has 19 heteroatoms. The number of carbonyl (C=O) groups excluding carboxylic acids is 2.